The largest absolute Gasteiger partial charge is 0.496 e. The van der Waals surface area contributed by atoms with E-state index in [1.54, 1.807) is 7.11 Å². The van der Waals surface area contributed by atoms with Crippen molar-refractivity contribution >= 4 is 11.8 Å². The average molecular weight is 411 g/mol. The van der Waals surface area contributed by atoms with E-state index in [9.17, 15) is 9.59 Å². The molecule has 1 saturated heterocycles. The van der Waals surface area contributed by atoms with Crippen molar-refractivity contribution < 1.29 is 19.1 Å². The average Bonchev–Trinajstić information content (AvgIpc) is 3.16. The maximum atomic E-state index is 13.0. The van der Waals surface area contributed by atoms with Gasteiger partial charge in [0.1, 0.15) is 12.4 Å². The number of likely N-dealkylation sites (N-methyl/N-ethyl adjacent to an activating group) is 1. The van der Waals surface area contributed by atoms with Crippen molar-refractivity contribution in [3.8, 4) is 5.75 Å². The second kappa shape index (κ2) is 8.64. The third-order valence-electron chi connectivity index (χ3n) is 6.63. The van der Waals surface area contributed by atoms with Crippen molar-refractivity contribution in [3.05, 3.63) is 52.4 Å². The summed E-state index contributed by atoms with van der Waals surface area (Å²) in [5, 5.41) is 3.34. The summed E-state index contributed by atoms with van der Waals surface area (Å²) >= 11 is 0. The number of allylic oxidation sites excluding steroid dienone is 3. The van der Waals surface area contributed by atoms with E-state index in [1.165, 1.54) is 0 Å². The third kappa shape index (κ3) is 4.01. The fourth-order valence-corrected chi connectivity index (χ4v) is 4.80. The minimum Gasteiger partial charge on any atom is -0.496 e. The fourth-order valence-electron chi connectivity index (χ4n) is 4.80. The van der Waals surface area contributed by atoms with Crippen molar-refractivity contribution in [2.75, 3.05) is 27.3 Å². The highest BCUT2D eigenvalue weighted by Crippen LogP contribution is 2.41. The molecule has 1 aromatic carbocycles. The number of nitrogens with zero attached hydrogens (tertiary/aromatic N) is 1. The highest BCUT2D eigenvalue weighted by Gasteiger charge is 2.35. The van der Waals surface area contributed by atoms with Crippen LogP contribution in [0.25, 0.3) is 0 Å². The van der Waals surface area contributed by atoms with Crippen molar-refractivity contribution in [1.82, 2.24) is 10.2 Å². The van der Waals surface area contributed by atoms with Crippen molar-refractivity contribution in [1.29, 1.82) is 0 Å². The number of hydrogen-bond acceptors (Lipinski definition) is 6. The molecule has 0 unspecified atom stereocenters. The molecular weight excluding hydrogens is 380 g/mol. The lowest BCUT2D eigenvalue weighted by Crippen LogP contribution is -2.33. The predicted octanol–water partition coefficient (Wildman–Crippen LogP) is 3.30. The van der Waals surface area contributed by atoms with Gasteiger partial charge in [0.05, 0.1) is 12.7 Å². The number of Topliss-reactive ketones (excluding diaryl/α,β-unsaturated/α-hetero) is 1. The van der Waals surface area contributed by atoms with Crippen LogP contribution in [0.3, 0.4) is 0 Å². The number of likely N-dealkylation sites (tertiary alicyclic amines) is 1. The summed E-state index contributed by atoms with van der Waals surface area (Å²) in [4.78, 5) is 27.9. The van der Waals surface area contributed by atoms with Gasteiger partial charge in [-0.3, -0.25) is 4.79 Å². The number of rotatable bonds is 5. The summed E-state index contributed by atoms with van der Waals surface area (Å²) in [6.07, 6.45) is 3.70. The first-order chi connectivity index (χ1) is 14.5. The number of carbonyl (C=O) groups excluding carboxylic acids is 2. The zero-order valence-electron chi connectivity index (χ0n) is 18.0. The van der Waals surface area contributed by atoms with Gasteiger partial charge in [0, 0.05) is 41.8 Å². The molecule has 0 spiro atoms. The Bertz CT molecular complexity index is 918. The van der Waals surface area contributed by atoms with E-state index in [1.807, 2.05) is 31.2 Å². The molecule has 2 aliphatic heterocycles. The van der Waals surface area contributed by atoms with E-state index < -0.39 is 0 Å². The molecule has 0 aromatic heterocycles. The maximum Gasteiger partial charge on any atom is 0.336 e. The third-order valence-corrected chi connectivity index (χ3v) is 6.63. The van der Waals surface area contributed by atoms with Gasteiger partial charge in [0.15, 0.2) is 5.78 Å². The molecule has 4 rings (SSSR count). The van der Waals surface area contributed by atoms with Crippen LogP contribution in [0, 0.1) is 0 Å². The fraction of sp³-hybridized carbons (Fsp3) is 0.500. The molecule has 30 heavy (non-hydrogen) atoms. The van der Waals surface area contributed by atoms with Crippen LogP contribution in [0.4, 0.5) is 0 Å². The Labute approximate surface area is 177 Å². The number of ether oxygens (including phenoxy) is 2. The number of hydrogen-bond donors (Lipinski definition) is 1. The predicted molar refractivity (Wildman–Crippen MR) is 114 cm³/mol. The number of benzene rings is 1. The molecule has 1 fully saturated rings. The molecule has 2 atom stereocenters. The van der Waals surface area contributed by atoms with Gasteiger partial charge in [0.2, 0.25) is 0 Å². The number of esters is 1. The zero-order valence-corrected chi connectivity index (χ0v) is 18.0. The smallest absolute Gasteiger partial charge is 0.336 e. The minimum atomic E-state index is -0.313. The van der Waals surface area contributed by atoms with Crippen molar-refractivity contribution in [2.45, 2.75) is 51.0 Å². The van der Waals surface area contributed by atoms with Gasteiger partial charge in [-0.05, 0) is 51.4 Å². The minimum absolute atomic E-state index is 0.0686. The summed E-state index contributed by atoms with van der Waals surface area (Å²) in [6.45, 7) is 3.34. The number of methoxy groups -OCH3 is 1. The van der Waals surface area contributed by atoms with Crippen LogP contribution in [0.5, 0.6) is 5.75 Å². The molecule has 1 N–H and O–H groups in total. The van der Waals surface area contributed by atoms with E-state index in [-0.39, 0.29) is 17.7 Å². The molecular formula is C24H30N2O4. The summed E-state index contributed by atoms with van der Waals surface area (Å²) < 4.78 is 11.1. The monoisotopic (exact) mass is 410 g/mol. The zero-order chi connectivity index (χ0) is 21.3. The molecule has 1 aromatic rings. The number of carbonyl (C=O) groups is 2. The van der Waals surface area contributed by atoms with Crippen LogP contribution in [0.1, 0.15) is 50.5 Å². The van der Waals surface area contributed by atoms with E-state index in [0.717, 1.165) is 54.1 Å². The Balaban J connectivity index is 1.46. The van der Waals surface area contributed by atoms with E-state index in [0.29, 0.717) is 31.1 Å². The summed E-state index contributed by atoms with van der Waals surface area (Å²) in [5.41, 5.74) is 4.04. The molecule has 0 amide bonds. The first-order valence-electron chi connectivity index (χ1n) is 10.7. The SMILES string of the molecule is COc1ccccc1[C@H]1CC(=O)C2=C(C1)NC(C)=C(C(=O)OC[C@H]1CCCN1C)C2. The quantitative estimate of drug-likeness (QED) is 0.752. The Morgan fingerprint density at radius 2 is 2.07 bits per heavy atom. The van der Waals surface area contributed by atoms with Gasteiger partial charge < -0.3 is 19.7 Å². The van der Waals surface area contributed by atoms with Crippen molar-refractivity contribution in [3.63, 3.8) is 0 Å². The topological polar surface area (TPSA) is 67.9 Å². The normalized spacial score (nSPS) is 24.6. The second-order valence-electron chi connectivity index (χ2n) is 8.51. The molecule has 160 valence electrons. The van der Waals surface area contributed by atoms with Crippen molar-refractivity contribution in [2.24, 2.45) is 0 Å². The Morgan fingerprint density at radius 1 is 1.27 bits per heavy atom. The number of para-hydroxylation sites is 1. The van der Waals surface area contributed by atoms with Gasteiger partial charge in [-0.2, -0.15) is 0 Å². The van der Waals surface area contributed by atoms with E-state index in [4.69, 9.17) is 9.47 Å². The number of nitrogens with one attached hydrogen (secondary N) is 1. The highest BCUT2D eigenvalue weighted by atomic mass is 16.5. The van der Waals surface area contributed by atoms with Gasteiger partial charge >= 0.3 is 5.97 Å². The maximum absolute atomic E-state index is 13.0. The lowest BCUT2D eigenvalue weighted by Gasteiger charge is -2.32. The van der Waals surface area contributed by atoms with E-state index in [2.05, 4.69) is 17.3 Å². The Kier molecular flexibility index (Phi) is 5.95. The Hall–Kier alpha value is -2.60. The van der Waals surface area contributed by atoms with Gasteiger partial charge in [-0.25, -0.2) is 4.79 Å². The summed E-state index contributed by atoms with van der Waals surface area (Å²) in [7, 11) is 3.72. The van der Waals surface area contributed by atoms with Gasteiger partial charge in [-0.15, -0.1) is 0 Å². The molecule has 0 radical (unpaired) electrons. The summed E-state index contributed by atoms with van der Waals surface area (Å²) in [6, 6.07) is 8.15. The van der Waals surface area contributed by atoms with Crippen LogP contribution in [-0.2, 0) is 14.3 Å². The number of ketones is 1. The molecule has 6 nitrogen and oxygen atoms in total. The summed E-state index contributed by atoms with van der Waals surface area (Å²) in [5.74, 6) is 0.655. The first-order valence-corrected chi connectivity index (χ1v) is 10.7. The van der Waals surface area contributed by atoms with Crippen LogP contribution in [0.15, 0.2) is 46.8 Å². The van der Waals surface area contributed by atoms with Crippen LogP contribution >= 0.6 is 0 Å². The lowest BCUT2D eigenvalue weighted by atomic mass is 9.78. The van der Waals surface area contributed by atoms with E-state index >= 15 is 0 Å². The van der Waals surface area contributed by atoms with Gasteiger partial charge in [0.25, 0.3) is 0 Å². The first kappa shape index (κ1) is 20.7. The lowest BCUT2D eigenvalue weighted by molar-refractivity contribution is -0.140. The van der Waals surface area contributed by atoms with Crippen LogP contribution in [-0.4, -0.2) is 50.0 Å². The molecule has 0 bridgehead atoms. The molecule has 2 heterocycles. The molecule has 0 saturated carbocycles. The molecule has 1 aliphatic carbocycles. The van der Waals surface area contributed by atoms with Crippen LogP contribution in [0.2, 0.25) is 0 Å². The number of dihydropyridines is 1. The second-order valence-corrected chi connectivity index (χ2v) is 8.51. The standard InChI is InChI=1S/C24H30N2O4/c1-15-19(24(28)30-14-17-7-6-10-26(17)2)13-20-21(25-15)11-16(12-22(20)27)18-8-4-5-9-23(18)29-3/h4-5,8-9,16-17,25H,6-7,10-14H2,1-3H3/t16-,17-/m1/s1. The molecule has 3 aliphatic rings. The highest BCUT2D eigenvalue weighted by molar-refractivity contribution is 6.01. The molecule has 6 heteroatoms. The van der Waals surface area contributed by atoms with Gasteiger partial charge in [-0.1, -0.05) is 18.2 Å². The van der Waals surface area contributed by atoms with Crippen LogP contribution < -0.4 is 10.1 Å². The Morgan fingerprint density at radius 3 is 2.80 bits per heavy atom.